The predicted octanol–water partition coefficient (Wildman–Crippen LogP) is 1.27. The van der Waals surface area contributed by atoms with Crippen LogP contribution in [0.25, 0.3) is 0 Å². The number of hydrogen-bond acceptors (Lipinski definition) is 4. The van der Waals surface area contributed by atoms with Gasteiger partial charge in [0.05, 0.1) is 5.69 Å². The zero-order chi connectivity index (χ0) is 15.8. The van der Waals surface area contributed by atoms with Gasteiger partial charge in [0.2, 0.25) is 0 Å². The first-order chi connectivity index (χ1) is 10.0. The summed E-state index contributed by atoms with van der Waals surface area (Å²) < 4.78 is 5.43. The Morgan fingerprint density at radius 3 is 2.43 bits per heavy atom. The number of likely N-dealkylation sites (N-methyl/N-ethyl adjacent to an activating group) is 1. The Bertz CT molecular complexity index is 499. The molecule has 6 heteroatoms. The molecule has 0 fully saturated rings. The summed E-state index contributed by atoms with van der Waals surface area (Å²) >= 11 is 0. The van der Waals surface area contributed by atoms with Gasteiger partial charge in [-0.25, -0.2) is 0 Å². The lowest BCUT2D eigenvalue weighted by Gasteiger charge is -2.19. The van der Waals surface area contributed by atoms with E-state index in [1.807, 2.05) is 20.8 Å². The van der Waals surface area contributed by atoms with Gasteiger partial charge in [-0.15, -0.1) is 0 Å². The van der Waals surface area contributed by atoms with Gasteiger partial charge < -0.3 is 20.7 Å². The lowest BCUT2D eigenvalue weighted by Crippen LogP contribution is -2.34. The highest BCUT2D eigenvalue weighted by Crippen LogP contribution is 2.22. The van der Waals surface area contributed by atoms with Crippen molar-refractivity contribution in [2.24, 2.45) is 0 Å². The molecule has 1 aromatic rings. The summed E-state index contributed by atoms with van der Waals surface area (Å²) in [5.41, 5.74) is 6.66. The molecule has 0 heterocycles. The number of carbonyl (C=O) groups excluding carboxylic acids is 2. The third-order valence-electron chi connectivity index (χ3n) is 3.08. The van der Waals surface area contributed by atoms with E-state index in [1.54, 1.807) is 23.1 Å². The minimum Gasteiger partial charge on any atom is -0.482 e. The van der Waals surface area contributed by atoms with Gasteiger partial charge in [-0.1, -0.05) is 0 Å². The van der Waals surface area contributed by atoms with Crippen LogP contribution in [0.3, 0.4) is 0 Å². The number of ether oxygens (including phenoxy) is 1. The summed E-state index contributed by atoms with van der Waals surface area (Å²) in [6.07, 6.45) is 0. The van der Waals surface area contributed by atoms with Gasteiger partial charge in [-0.3, -0.25) is 9.59 Å². The minimum absolute atomic E-state index is 0.0631. The molecule has 21 heavy (non-hydrogen) atoms. The Balaban J connectivity index is 2.69. The Kier molecular flexibility index (Phi) is 6.52. The molecule has 0 aliphatic rings. The summed E-state index contributed by atoms with van der Waals surface area (Å²) in [6.45, 7) is 7.45. The molecule has 1 rings (SSSR count). The maximum atomic E-state index is 11.8. The zero-order valence-corrected chi connectivity index (χ0v) is 12.8. The molecule has 0 aliphatic carbocycles. The van der Waals surface area contributed by atoms with Crippen molar-refractivity contribution in [3.05, 3.63) is 23.8 Å². The van der Waals surface area contributed by atoms with Gasteiger partial charge >= 0.3 is 0 Å². The van der Waals surface area contributed by atoms with Gasteiger partial charge in [0, 0.05) is 25.2 Å². The number of nitrogen functional groups attached to an aromatic ring is 1. The van der Waals surface area contributed by atoms with Crippen LogP contribution in [-0.2, 0) is 4.79 Å². The van der Waals surface area contributed by atoms with Crippen LogP contribution in [0.1, 0.15) is 31.1 Å². The molecule has 0 unspecified atom stereocenters. The molecule has 1 aromatic carbocycles. The van der Waals surface area contributed by atoms with E-state index < -0.39 is 0 Å². The minimum atomic E-state index is -0.185. The number of hydrogen-bond donors (Lipinski definition) is 2. The third-order valence-corrected chi connectivity index (χ3v) is 3.08. The fraction of sp³-hybridized carbons (Fsp3) is 0.467. The topological polar surface area (TPSA) is 84.7 Å². The van der Waals surface area contributed by atoms with Crippen molar-refractivity contribution in [1.29, 1.82) is 0 Å². The van der Waals surface area contributed by atoms with E-state index in [4.69, 9.17) is 10.5 Å². The number of nitrogens with two attached hydrogens (primary N) is 1. The largest absolute Gasteiger partial charge is 0.482 e. The highest BCUT2D eigenvalue weighted by atomic mass is 16.5. The molecule has 2 amide bonds. The average molecular weight is 293 g/mol. The van der Waals surface area contributed by atoms with Crippen LogP contribution >= 0.6 is 0 Å². The summed E-state index contributed by atoms with van der Waals surface area (Å²) in [6, 6.07) is 4.77. The first-order valence-electron chi connectivity index (χ1n) is 7.11. The number of nitrogens with zero attached hydrogens (tertiary/aromatic N) is 1. The number of rotatable bonds is 7. The SMILES string of the molecule is CCNC(=O)c1ccc(OCC(=O)N(CC)CC)c(N)c1. The first kappa shape index (κ1) is 16.8. The quantitative estimate of drug-likeness (QED) is 0.741. The van der Waals surface area contributed by atoms with Crippen LogP contribution in [-0.4, -0.2) is 43.0 Å². The standard InChI is InChI=1S/C15H23N3O3/c1-4-17-15(20)11-7-8-13(12(16)9-11)21-10-14(19)18(5-2)6-3/h7-9H,4-6,10,16H2,1-3H3,(H,17,20). The van der Waals surface area contributed by atoms with E-state index in [0.717, 1.165) is 0 Å². The summed E-state index contributed by atoms with van der Waals surface area (Å²) in [7, 11) is 0. The number of benzene rings is 1. The van der Waals surface area contributed by atoms with E-state index in [9.17, 15) is 9.59 Å². The molecule has 116 valence electrons. The van der Waals surface area contributed by atoms with E-state index in [2.05, 4.69) is 5.32 Å². The highest BCUT2D eigenvalue weighted by Gasteiger charge is 2.12. The second-order valence-electron chi connectivity index (χ2n) is 4.47. The lowest BCUT2D eigenvalue weighted by molar-refractivity contribution is -0.132. The maximum absolute atomic E-state index is 11.8. The van der Waals surface area contributed by atoms with Gasteiger partial charge in [-0.2, -0.15) is 0 Å². The van der Waals surface area contributed by atoms with Crippen LogP contribution in [0.5, 0.6) is 5.75 Å². The fourth-order valence-electron chi connectivity index (χ4n) is 1.89. The number of carbonyl (C=O) groups is 2. The van der Waals surface area contributed by atoms with Crippen molar-refractivity contribution < 1.29 is 14.3 Å². The van der Waals surface area contributed by atoms with E-state index in [1.165, 1.54) is 0 Å². The lowest BCUT2D eigenvalue weighted by atomic mass is 10.2. The summed E-state index contributed by atoms with van der Waals surface area (Å²) in [5, 5.41) is 2.69. The molecule has 0 aliphatic heterocycles. The molecule has 0 saturated heterocycles. The second kappa shape index (κ2) is 8.14. The highest BCUT2D eigenvalue weighted by molar-refractivity contribution is 5.95. The maximum Gasteiger partial charge on any atom is 0.260 e. The summed E-state index contributed by atoms with van der Waals surface area (Å²) in [4.78, 5) is 25.2. The Hall–Kier alpha value is -2.24. The van der Waals surface area contributed by atoms with Gasteiger partial charge in [-0.05, 0) is 39.0 Å². The van der Waals surface area contributed by atoms with Crippen LogP contribution in [0.2, 0.25) is 0 Å². The van der Waals surface area contributed by atoms with Crippen molar-refractivity contribution in [1.82, 2.24) is 10.2 Å². The molecule has 3 N–H and O–H groups in total. The number of amides is 2. The molecule has 0 spiro atoms. The monoisotopic (exact) mass is 293 g/mol. The van der Waals surface area contributed by atoms with Crippen molar-refractivity contribution in [3.8, 4) is 5.75 Å². The number of anilines is 1. The number of nitrogens with one attached hydrogen (secondary N) is 1. The Morgan fingerprint density at radius 1 is 1.24 bits per heavy atom. The second-order valence-corrected chi connectivity index (χ2v) is 4.47. The molecule has 0 atom stereocenters. The van der Waals surface area contributed by atoms with Gasteiger partial charge in [0.25, 0.3) is 11.8 Å². The van der Waals surface area contributed by atoms with Crippen LogP contribution in [0, 0.1) is 0 Å². The predicted molar refractivity (Wildman–Crippen MR) is 82.3 cm³/mol. The average Bonchev–Trinajstić information content (AvgIpc) is 2.47. The smallest absolute Gasteiger partial charge is 0.260 e. The molecule has 6 nitrogen and oxygen atoms in total. The van der Waals surface area contributed by atoms with E-state index in [-0.39, 0.29) is 18.4 Å². The Labute approximate surface area is 125 Å². The zero-order valence-electron chi connectivity index (χ0n) is 12.8. The third kappa shape index (κ3) is 4.66. The molecule has 0 radical (unpaired) electrons. The van der Waals surface area contributed by atoms with Crippen molar-refractivity contribution in [3.63, 3.8) is 0 Å². The van der Waals surface area contributed by atoms with Crippen molar-refractivity contribution in [2.75, 3.05) is 32.0 Å². The molecule has 0 bridgehead atoms. The summed E-state index contributed by atoms with van der Waals surface area (Å²) in [5.74, 6) is 0.130. The molecular weight excluding hydrogens is 270 g/mol. The molecule has 0 aromatic heterocycles. The van der Waals surface area contributed by atoms with Crippen LogP contribution < -0.4 is 15.8 Å². The van der Waals surface area contributed by atoms with Gasteiger partial charge in [0.15, 0.2) is 6.61 Å². The molecule has 0 saturated carbocycles. The van der Waals surface area contributed by atoms with Crippen LogP contribution in [0.4, 0.5) is 5.69 Å². The normalized spacial score (nSPS) is 10.0. The van der Waals surface area contributed by atoms with Crippen LogP contribution in [0.15, 0.2) is 18.2 Å². The van der Waals surface area contributed by atoms with Gasteiger partial charge in [0.1, 0.15) is 5.75 Å². The van der Waals surface area contributed by atoms with Crippen molar-refractivity contribution >= 4 is 17.5 Å². The fourth-order valence-corrected chi connectivity index (χ4v) is 1.89. The van der Waals surface area contributed by atoms with E-state index in [0.29, 0.717) is 36.6 Å². The van der Waals surface area contributed by atoms with E-state index >= 15 is 0 Å². The first-order valence-corrected chi connectivity index (χ1v) is 7.11. The van der Waals surface area contributed by atoms with Crippen molar-refractivity contribution in [2.45, 2.75) is 20.8 Å². The molecular formula is C15H23N3O3. The Morgan fingerprint density at radius 2 is 1.90 bits per heavy atom.